The molecule has 0 N–H and O–H groups in total. The minimum atomic E-state index is -1.25. The Morgan fingerprint density at radius 3 is 1.53 bits per heavy atom. The zero-order valence-electron chi connectivity index (χ0n) is 26.1. The number of carbonyl (C=O) groups excluding carboxylic acids is 2. The van der Waals surface area contributed by atoms with E-state index < -0.39 is 17.4 Å². The van der Waals surface area contributed by atoms with E-state index in [4.69, 9.17) is 9.47 Å². The molecule has 0 spiro atoms. The van der Waals surface area contributed by atoms with Gasteiger partial charge >= 0.3 is 11.9 Å². The van der Waals surface area contributed by atoms with Crippen LogP contribution in [0.3, 0.4) is 0 Å². The highest BCUT2D eigenvalue weighted by atomic mass is 16.6. The number of rotatable bonds is 23. The number of hydrogen-bond donors (Lipinski definition) is 0. The molecule has 0 aromatic carbocycles. The Kier molecular flexibility index (Phi) is 22.0. The molecule has 0 aliphatic rings. The number of unbranched alkanes of at least 4 members (excludes halogenated alkanes) is 9. The molecule has 4 nitrogen and oxygen atoms in total. The molecule has 0 aromatic rings. The first kappa shape index (κ1) is 36.2. The summed E-state index contributed by atoms with van der Waals surface area (Å²) >= 11 is 0. The summed E-state index contributed by atoms with van der Waals surface area (Å²) in [4.78, 5) is 26.3. The Morgan fingerprint density at radius 2 is 1.05 bits per heavy atom. The second kappa shape index (κ2) is 23.1. The Balaban J connectivity index is 5.10. The Hall–Kier alpha value is -1.84. The Morgan fingerprint density at radius 1 is 0.605 bits per heavy atom. The normalized spacial score (nSPS) is 12.4. The van der Waals surface area contributed by atoms with Crippen LogP contribution in [-0.2, 0) is 19.1 Å². The second-order valence-electron chi connectivity index (χ2n) is 11.1. The number of allylic oxidation sites excluding steroid dienone is 6. The molecule has 0 saturated heterocycles. The van der Waals surface area contributed by atoms with E-state index in [1.807, 2.05) is 0 Å². The van der Waals surface area contributed by atoms with Gasteiger partial charge in [0.25, 0.3) is 0 Å². The summed E-state index contributed by atoms with van der Waals surface area (Å²) in [6.45, 7) is 14.9. The molecule has 0 atom stereocenters. The molecular weight excluding hydrogens is 472 g/mol. The first-order chi connectivity index (χ1) is 18.2. The smallest absolute Gasteiger partial charge is 0.323 e. The highest BCUT2D eigenvalue weighted by Crippen LogP contribution is 2.34. The maximum absolute atomic E-state index is 13.2. The second-order valence-corrected chi connectivity index (χ2v) is 11.1. The predicted molar refractivity (Wildman–Crippen MR) is 162 cm³/mol. The van der Waals surface area contributed by atoms with E-state index >= 15 is 0 Å². The van der Waals surface area contributed by atoms with Crippen LogP contribution in [0.2, 0.25) is 0 Å². The van der Waals surface area contributed by atoms with Crippen molar-refractivity contribution in [2.75, 3.05) is 13.2 Å². The molecule has 0 aliphatic carbocycles. The molecule has 0 aromatic heterocycles. The molecule has 0 saturated carbocycles. The van der Waals surface area contributed by atoms with E-state index in [1.54, 1.807) is 13.8 Å². The summed E-state index contributed by atoms with van der Waals surface area (Å²) in [5, 5.41) is 0. The van der Waals surface area contributed by atoms with Gasteiger partial charge in [0.15, 0.2) is 5.41 Å². The molecule has 0 amide bonds. The highest BCUT2D eigenvalue weighted by molar-refractivity contribution is 6.00. The quantitative estimate of drug-likeness (QED) is 0.0568. The third kappa shape index (κ3) is 16.9. The third-order valence-corrected chi connectivity index (χ3v) is 7.21. The maximum atomic E-state index is 13.2. The lowest BCUT2D eigenvalue weighted by Gasteiger charge is -2.28. The fraction of sp³-hybridized carbons (Fsp3) is 0.765. The molecule has 0 rings (SSSR count). The summed E-state index contributed by atoms with van der Waals surface area (Å²) in [5.41, 5.74) is 2.72. The summed E-state index contributed by atoms with van der Waals surface area (Å²) < 4.78 is 10.9. The number of carbonyl (C=O) groups is 2. The van der Waals surface area contributed by atoms with Crippen molar-refractivity contribution in [1.82, 2.24) is 0 Å². The molecule has 0 fully saturated rings. The van der Waals surface area contributed by atoms with Crippen molar-refractivity contribution < 1.29 is 19.1 Å². The summed E-state index contributed by atoms with van der Waals surface area (Å²) in [6.07, 6.45) is 23.6. The Bertz CT molecular complexity index is 707. The minimum Gasteiger partial charge on any atom is -0.465 e. The lowest BCUT2D eigenvalue weighted by Crippen LogP contribution is -2.42. The van der Waals surface area contributed by atoms with Crippen LogP contribution in [0.4, 0.5) is 0 Å². The monoisotopic (exact) mass is 532 g/mol. The van der Waals surface area contributed by atoms with Gasteiger partial charge in [-0.3, -0.25) is 9.59 Å². The van der Waals surface area contributed by atoms with Crippen LogP contribution in [0.15, 0.2) is 34.9 Å². The molecule has 0 aliphatic heterocycles. The van der Waals surface area contributed by atoms with E-state index in [0.717, 1.165) is 44.9 Å². The SMILES string of the molecule is CCCCCCCCCCCCC(CC=C(C)CCC=C(C)CCC=C(C)C)(C(=O)OCC)C(=O)OCC. The maximum Gasteiger partial charge on any atom is 0.323 e. The van der Waals surface area contributed by atoms with Crippen molar-refractivity contribution in [3.8, 4) is 0 Å². The van der Waals surface area contributed by atoms with Gasteiger partial charge in [0.2, 0.25) is 0 Å². The fourth-order valence-corrected chi connectivity index (χ4v) is 4.70. The zero-order valence-corrected chi connectivity index (χ0v) is 26.1. The molecule has 0 unspecified atom stereocenters. The number of hydrogen-bond acceptors (Lipinski definition) is 4. The van der Waals surface area contributed by atoms with E-state index in [2.05, 4.69) is 52.8 Å². The van der Waals surface area contributed by atoms with Gasteiger partial charge in [0.05, 0.1) is 13.2 Å². The van der Waals surface area contributed by atoms with Gasteiger partial charge in [-0.2, -0.15) is 0 Å². The topological polar surface area (TPSA) is 52.6 Å². The van der Waals surface area contributed by atoms with Crippen molar-refractivity contribution in [2.45, 2.75) is 151 Å². The molecule has 220 valence electrons. The van der Waals surface area contributed by atoms with Crippen LogP contribution in [0.1, 0.15) is 151 Å². The number of ether oxygens (including phenoxy) is 2. The first-order valence-electron chi connectivity index (χ1n) is 15.5. The van der Waals surface area contributed by atoms with Crippen LogP contribution in [0, 0.1) is 5.41 Å². The average Bonchev–Trinajstić information content (AvgIpc) is 2.87. The van der Waals surface area contributed by atoms with E-state index in [1.165, 1.54) is 61.7 Å². The van der Waals surface area contributed by atoms with Crippen molar-refractivity contribution in [2.24, 2.45) is 5.41 Å². The van der Waals surface area contributed by atoms with Gasteiger partial charge in [-0.25, -0.2) is 0 Å². The van der Waals surface area contributed by atoms with Gasteiger partial charge in [-0.05, 0) is 80.1 Å². The van der Waals surface area contributed by atoms with Crippen molar-refractivity contribution in [3.63, 3.8) is 0 Å². The van der Waals surface area contributed by atoms with Gasteiger partial charge in [-0.15, -0.1) is 0 Å². The van der Waals surface area contributed by atoms with Crippen LogP contribution in [0.5, 0.6) is 0 Å². The first-order valence-corrected chi connectivity index (χ1v) is 15.5. The van der Waals surface area contributed by atoms with Gasteiger partial charge in [-0.1, -0.05) is 106 Å². The van der Waals surface area contributed by atoms with Crippen LogP contribution in [-0.4, -0.2) is 25.2 Å². The van der Waals surface area contributed by atoms with E-state index in [9.17, 15) is 9.59 Å². The molecule has 38 heavy (non-hydrogen) atoms. The van der Waals surface area contributed by atoms with Crippen LogP contribution >= 0.6 is 0 Å². The minimum absolute atomic E-state index is 0.261. The van der Waals surface area contributed by atoms with Crippen molar-refractivity contribution in [1.29, 1.82) is 0 Å². The molecule has 0 radical (unpaired) electrons. The fourth-order valence-electron chi connectivity index (χ4n) is 4.70. The van der Waals surface area contributed by atoms with Crippen molar-refractivity contribution in [3.05, 3.63) is 34.9 Å². The lowest BCUT2D eigenvalue weighted by atomic mass is 9.78. The Labute approximate surface area is 235 Å². The van der Waals surface area contributed by atoms with E-state index in [-0.39, 0.29) is 13.2 Å². The lowest BCUT2D eigenvalue weighted by molar-refractivity contribution is -0.172. The molecule has 0 heterocycles. The van der Waals surface area contributed by atoms with Gasteiger partial charge < -0.3 is 9.47 Å². The molecular formula is C34H60O4. The zero-order chi connectivity index (χ0) is 28.7. The van der Waals surface area contributed by atoms with Crippen LogP contribution < -0.4 is 0 Å². The van der Waals surface area contributed by atoms with Crippen LogP contribution in [0.25, 0.3) is 0 Å². The van der Waals surface area contributed by atoms with Crippen molar-refractivity contribution >= 4 is 11.9 Å². The van der Waals surface area contributed by atoms with Gasteiger partial charge in [0.1, 0.15) is 0 Å². The molecule has 4 heteroatoms. The largest absolute Gasteiger partial charge is 0.465 e. The highest BCUT2D eigenvalue weighted by Gasteiger charge is 2.47. The average molecular weight is 533 g/mol. The third-order valence-electron chi connectivity index (χ3n) is 7.21. The summed E-state index contributed by atoms with van der Waals surface area (Å²) in [5.74, 6) is -0.873. The summed E-state index contributed by atoms with van der Waals surface area (Å²) in [7, 11) is 0. The molecule has 0 bridgehead atoms. The van der Waals surface area contributed by atoms with Gasteiger partial charge in [0, 0.05) is 0 Å². The standard InChI is InChI=1S/C34H60O4/c1-8-11-12-13-14-15-16-17-18-19-27-34(32(35)37-9-2,33(36)38-10-3)28-26-31(7)25-21-24-30(6)23-20-22-29(4)5/h22,24,26H,8-21,23,25,27-28H2,1-7H3. The number of esters is 2. The predicted octanol–water partition coefficient (Wildman–Crippen LogP) is 10.2. The summed E-state index contributed by atoms with van der Waals surface area (Å²) in [6, 6.07) is 0. The van der Waals surface area contributed by atoms with E-state index in [0.29, 0.717) is 12.8 Å².